The minimum Gasteiger partial charge on any atom is -0.360 e. The van der Waals surface area contributed by atoms with E-state index in [1.807, 2.05) is 73.1 Å². The number of benzene rings is 2. The molecule has 2 aromatic carbocycles. The minimum absolute atomic E-state index is 0.0781. The zero-order valence-electron chi connectivity index (χ0n) is 26.5. The van der Waals surface area contributed by atoms with Crippen molar-refractivity contribution in [3.8, 4) is 0 Å². The lowest BCUT2D eigenvalue weighted by Gasteiger charge is -2.24. The Balaban J connectivity index is 0.000000184. The lowest BCUT2D eigenvalue weighted by molar-refractivity contribution is -0.385. The van der Waals surface area contributed by atoms with Gasteiger partial charge in [0.25, 0.3) is 11.4 Å². The van der Waals surface area contributed by atoms with Crippen LogP contribution in [0.1, 0.15) is 29.2 Å². The quantitative estimate of drug-likeness (QED) is 0.0999. The molecule has 0 amide bonds. The predicted molar refractivity (Wildman–Crippen MR) is 185 cm³/mol. The third kappa shape index (κ3) is 12.7. The second-order valence-electron chi connectivity index (χ2n) is 10.5. The number of non-ortho nitro benzene ring substituents is 2. The van der Waals surface area contributed by atoms with E-state index >= 15 is 0 Å². The molecule has 4 heterocycles. The minimum atomic E-state index is -0.570. The summed E-state index contributed by atoms with van der Waals surface area (Å²) in [6.07, 6.45) is 10.4. The monoisotopic (exact) mass is 659 g/mol. The number of aromatic nitrogens is 4. The van der Waals surface area contributed by atoms with Gasteiger partial charge in [0.05, 0.1) is 34.3 Å². The molecule has 0 aliphatic carbocycles. The Morgan fingerprint density at radius 2 is 0.878 bits per heavy atom. The SMILES string of the molecule is O=[N+]([O-])c1ccc(F)cc1.O=[N+]([O-])c1ccc(N(Cc2ccccn2)Cc2ccccn2)cc1.c1ccc(CCCc2ccccn2)nc1. The summed E-state index contributed by atoms with van der Waals surface area (Å²) in [7, 11) is 0. The topological polar surface area (TPSA) is 141 Å². The normalized spacial score (nSPS) is 10.1. The Hall–Kier alpha value is -6.43. The smallest absolute Gasteiger partial charge is 0.269 e. The van der Waals surface area contributed by atoms with Crippen molar-refractivity contribution in [1.29, 1.82) is 0 Å². The van der Waals surface area contributed by atoms with Gasteiger partial charge >= 0.3 is 0 Å². The van der Waals surface area contributed by atoms with Gasteiger partial charge in [0.2, 0.25) is 0 Å². The highest BCUT2D eigenvalue weighted by molar-refractivity contribution is 5.51. The molecule has 0 N–H and O–H groups in total. The molecular weight excluding hydrogens is 625 g/mol. The molecule has 49 heavy (non-hydrogen) atoms. The molecule has 6 aromatic rings. The Morgan fingerprint density at radius 1 is 0.510 bits per heavy atom. The van der Waals surface area contributed by atoms with Crippen molar-refractivity contribution in [1.82, 2.24) is 19.9 Å². The van der Waals surface area contributed by atoms with Crippen LogP contribution in [0.4, 0.5) is 21.5 Å². The molecule has 0 atom stereocenters. The maximum atomic E-state index is 12.1. The van der Waals surface area contributed by atoms with Crippen molar-refractivity contribution in [2.24, 2.45) is 0 Å². The van der Waals surface area contributed by atoms with Gasteiger partial charge in [-0.25, -0.2) is 4.39 Å². The molecular formula is C37H34FN7O4. The fourth-order valence-electron chi connectivity index (χ4n) is 4.50. The Morgan fingerprint density at radius 3 is 1.22 bits per heavy atom. The molecule has 248 valence electrons. The van der Waals surface area contributed by atoms with E-state index in [-0.39, 0.29) is 11.4 Å². The van der Waals surface area contributed by atoms with Gasteiger partial charge in [0.1, 0.15) is 5.82 Å². The van der Waals surface area contributed by atoms with Crippen molar-refractivity contribution in [2.45, 2.75) is 32.4 Å². The zero-order valence-corrected chi connectivity index (χ0v) is 26.5. The van der Waals surface area contributed by atoms with E-state index in [0.29, 0.717) is 13.1 Å². The number of pyridine rings is 4. The van der Waals surface area contributed by atoms with Crippen molar-refractivity contribution in [2.75, 3.05) is 4.90 Å². The van der Waals surface area contributed by atoms with Crippen molar-refractivity contribution >= 4 is 17.1 Å². The average molecular weight is 660 g/mol. The Labute approximate surface area is 283 Å². The van der Waals surface area contributed by atoms with Crippen LogP contribution in [0.5, 0.6) is 0 Å². The zero-order chi connectivity index (χ0) is 34.7. The first-order chi connectivity index (χ1) is 23.9. The van der Waals surface area contributed by atoms with E-state index < -0.39 is 15.7 Å². The first-order valence-corrected chi connectivity index (χ1v) is 15.4. The molecule has 0 aliphatic heterocycles. The third-order valence-corrected chi connectivity index (χ3v) is 6.94. The number of hydrogen-bond acceptors (Lipinski definition) is 9. The van der Waals surface area contributed by atoms with Crippen LogP contribution >= 0.6 is 0 Å². The molecule has 0 bridgehead atoms. The number of aryl methyl sites for hydroxylation is 2. The van der Waals surface area contributed by atoms with Crippen LogP contribution in [0.15, 0.2) is 146 Å². The summed E-state index contributed by atoms with van der Waals surface area (Å²) < 4.78 is 12.1. The molecule has 12 heteroatoms. The molecule has 11 nitrogen and oxygen atoms in total. The maximum Gasteiger partial charge on any atom is 0.269 e. The number of nitro groups is 2. The van der Waals surface area contributed by atoms with Gasteiger partial charge in [0.15, 0.2) is 0 Å². The van der Waals surface area contributed by atoms with Crippen LogP contribution < -0.4 is 4.90 Å². The van der Waals surface area contributed by atoms with Crippen molar-refractivity contribution in [3.63, 3.8) is 0 Å². The van der Waals surface area contributed by atoms with Gasteiger partial charge in [-0.1, -0.05) is 24.3 Å². The second kappa shape index (κ2) is 19.3. The van der Waals surface area contributed by atoms with E-state index in [4.69, 9.17) is 0 Å². The highest BCUT2D eigenvalue weighted by Gasteiger charge is 2.12. The van der Waals surface area contributed by atoms with Crippen LogP contribution in [-0.4, -0.2) is 29.8 Å². The van der Waals surface area contributed by atoms with E-state index in [9.17, 15) is 24.6 Å². The van der Waals surface area contributed by atoms with Crippen LogP contribution in [0, 0.1) is 26.0 Å². The van der Waals surface area contributed by atoms with E-state index in [1.165, 1.54) is 12.1 Å². The number of hydrogen-bond donors (Lipinski definition) is 0. The van der Waals surface area contributed by atoms with Crippen LogP contribution in [-0.2, 0) is 25.9 Å². The van der Waals surface area contributed by atoms with Crippen LogP contribution in [0.25, 0.3) is 0 Å². The lowest BCUT2D eigenvalue weighted by Crippen LogP contribution is -2.23. The van der Waals surface area contributed by atoms with E-state index in [2.05, 4.69) is 37.0 Å². The van der Waals surface area contributed by atoms with E-state index in [0.717, 1.165) is 72.0 Å². The maximum absolute atomic E-state index is 12.1. The third-order valence-electron chi connectivity index (χ3n) is 6.94. The summed E-state index contributed by atoms with van der Waals surface area (Å²) >= 11 is 0. The highest BCUT2D eigenvalue weighted by Crippen LogP contribution is 2.22. The molecule has 0 radical (unpaired) electrons. The van der Waals surface area contributed by atoms with Crippen LogP contribution in [0.3, 0.4) is 0 Å². The first kappa shape index (κ1) is 35.4. The van der Waals surface area contributed by atoms with Gasteiger partial charge in [-0.2, -0.15) is 0 Å². The largest absolute Gasteiger partial charge is 0.360 e. The number of nitrogens with zero attached hydrogens (tertiary/aromatic N) is 7. The second-order valence-corrected chi connectivity index (χ2v) is 10.5. The molecule has 0 saturated heterocycles. The molecule has 4 aromatic heterocycles. The standard InChI is InChI=1S/C18H16N4O2.C13H14N2.C6H4FNO2/c23-22(24)18-9-7-17(8-10-18)21(13-15-5-1-3-11-19-15)14-16-6-2-4-12-20-16;1-3-10-14-12(6-1)8-5-9-13-7-2-4-11-15-13;7-5-1-3-6(4-2-5)8(9)10/h1-12H,13-14H2;1-4,6-7,10-11H,5,8-9H2;1-4H. The number of anilines is 1. The van der Waals surface area contributed by atoms with Gasteiger partial charge in [-0.3, -0.25) is 40.2 Å². The summed E-state index contributed by atoms with van der Waals surface area (Å²) in [5.74, 6) is -0.467. The summed E-state index contributed by atoms with van der Waals surface area (Å²) in [6, 6.07) is 34.5. The highest BCUT2D eigenvalue weighted by atomic mass is 19.1. The molecule has 0 spiro atoms. The molecule has 6 rings (SSSR count). The lowest BCUT2D eigenvalue weighted by atomic mass is 10.1. The van der Waals surface area contributed by atoms with Gasteiger partial charge in [-0.05, 0) is 92.1 Å². The fraction of sp³-hybridized carbons (Fsp3) is 0.135. The van der Waals surface area contributed by atoms with Crippen LogP contribution in [0.2, 0.25) is 0 Å². The summed E-state index contributed by atoms with van der Waals surface area (Å²) in [5, 5.41) is 20.8. The first-order valence-electron chi connectivity index (χ1n) is 15.4. The molecule has 0 fully saturated rings. The average Bonchev–Trinajstić information content (AvgIpc) is 3.14. The summed E-state index contributed by atoms with van der Waals surface area (Å²) in [5.41, 5.74) is 5.04. The van der Waals surface area contributed by atoms with Gasteiger partial charge < -0.3 is 4.90 Å². The fourth-order valence-corrected chi connectivity index (χ4v) is 4.50. The Bertz CT molecular complexity index is 1760. The number of nitro benzene ring substituents is 2. The summed E-state index contributed by atoms with van der Waals surface area (Å²) in [6.45, 7) is 1.18. The number of halogens is 1. The van der Waals surface area contributed by atoms with Crippen molar-refractivity contribution < 1.29 is 14.2 Å². The molecule has 0 unspecified atom stereocenters. The van der Waals surface area contributed by atoms with Gasteiger partial charge in [0, 0.05) is 66.1 Å². The molecule has 0 aliphatic rings. The van der Waals surface area contributed by atoms with Gasteiger partial charge in [-0.15, -0.1) is 0 Å². The number of rotatable bonds is 11. The predicted octanol–water partition coefficient (Wildman–Crippen LogP) is 7.98. The summed E-state index contributed by atoms with van der Waals surface area (Å²) in [4.78, 5) is 39.3. The Kier molecular flexibility index (Phi) is 13.9. The van der Waals surface area contributed by atoms with Crippen molar-refractivity contribution in [3.05, 3.63) is 195 Å². The molecule has 0 saturated carbocycles. The van der Waals surface area contributed by atoms with E-state index in [1.54, 1.807) is 24.5 Å².